The topological polar surface area (TPSA) is 104 Å². The Morgan fingerprint density at radius 2 is 2.05 bits per heavy atom. The summed E-state index contributed by atoms with van der Waals surface area (Å²) in [6.07, 6.45) is 1.33. The van der Waals surface area contributed by atoms with E-state index in [1.165, 1.54) is 18.3 Å². The molecule has 0 aromatic carbocycles. The number of nitriles is 1. The third-order valence-corrected chi connectivity index (χ3v) is 2.44. The van der Waals surface area contributed by atoms with Crippen molar-refractivity contribution in [1.29, 1.82) is 5.26 Å². The van der Waals surface area contributed by atoms with Gasteiger partial charge >= 0.3 is 0 Å². The van der Waals surface area contributed by atoms with E-state index in [9.17, 15) is 4.79 Å². The van der Waals surface area contributed by atoms with Gasteiger partial charge in [0, 0.05) is 6.20 Å². The number of amides is 1. The van der Waals surface area contributed by atoms with Gasteiger partial charge in [0.05, 0.1) is 17.0 Å². The molecule has 0 saturated carbocycles. The lowest BCUT2D eigenvalue weighted by molar-refractivity contribution is 0.102. The van der Waals surface area contributed by atoms with Gasteiger partial charge in [-0.25, -0.2) is 9.97 Å². The van der Waals surface area contributed by atoms with Gasteiger partial charge in [0.15, 0.2) is 0 Å². The lowest BCUT2D eigenvalue weighted by atomic mass is 10.2. The second kappa shape index (κ2) is 5.18. The molecule has 2 heterocycles. The van der Waals surface area contributed by atoms with E-state index in [1.807, 2.05) is 6.07 Å². The molecular formula is C12H10N6O. The highest BCUT2D eigenvalue weighted by molar-refractivity contribution is 6.01. The molecule has 0 saturated heterocycles. The fourth-order valence-electron chi connectivity index (χ4n) is 1.27. The van der Waals surface area contributed by atoms with E-state index in [2.05, 4.69) is 25.5 Å². The second-order valence-corrected chi connectivity index (χ2v) is 3.80. The summed E-state index contributed by atoms with van der Waals surface area (Å²) in [5, 5.41) is 18.8. The maximum atomic E-state index is 11.8. The van der Waals surface area contributed by atoms with Gasteiger partial charge in [-0.15, -0.1) is 5.10 Å². The quantitative estimate of drug-likeness (QED) is 0.857. The van der Waals surface area contributed by atoms with E-state index in [0.717, 1.165) is 0 Å². The molecule has 7 heteroatoms. The Balaban J connectivity index is 2.16. The fraction of sp³-hybridized carbons (Fsp3) is 0.167. The number of hydrogen-bond donors (Lipinski definition) is 1. The van der Waals surface area contributed by atoms with Crippen LogP contribution in [0, 0.1) is 25.2 Å². The van der Waals surface area contributed by atoms with Gasteiger partial charge in [-0.2, -0.15) is 10.4 Å². The Kier molecular flexibility index (Phi) is 3.43. The molecule has 2 aromatic heterocycles. The number of aromatic nitrogens is 4. The largest absolute Gasteiger partial charge is 0.288 e. The summed E-state index contributed by atoms with van der Waals surface area (Å²) in [5.41, 5.74) is 1.97. The van der Waals surface area contributed by atoms with Crippen LogP contribution in [0.1, 0.15) is 27.4 Å². The van der Waals surface area contributed by atoms with Gasteiger partial charge < -0.3 is 0 Å². The van der Waals surface area contributed by atoms with Crippen molar-refractivity contribution in [3.8, 4) is 6.07 Å². The normalized spacial score (nSPS) is 9.74. The zero-order valence-electron chi connectivity index (χ0n) is 10.4. The standard InChI is InChI=1S/C12H10N6O/c1-7-8(2)17-18-12(15-7)16-11(19)10-4-3-9(5-13)6-14-10/h3-4,6H,1-2H3,(H,15,16,18,19). The van der Waals surface area contributed by atoms with Gasteiger partial charge in [0.2, 0.25) is 5.95 Å². The van der Waals surface area contributed by atoms with Crippen molar-refractivity contribution in [1.82, 2.24) is 20.2 Å². The van der Waals surface area contributed by atoms with Crippen LogP contribution in [0.25, 0.3) is 0 Å². The maximum Gasteiger partial charge on any atom is 0.276 e. The highest BCUT2D eigenvalue weighted by atomic mass is 16.2. The van der Waals surface area contributed by atoms with E-state index in [-0.39, 0.29) is 11.6 Å². The average Bonchev–Trinajstić information content (AvgIpc) is 2.43. The van der Waals surface area contributed by atoms with Crippen LogP contribution in [-0.4, -0.2) is 26.1 Å². The summed E-state index contributed by atoms with van der Waals surface area (Å²) in [6.45, 7) is 3.56. The van der Waals surface area contributed by atoms with Crippen LogP contribution >= 0.6 is 0 Å². The molecule has 0 radical (unpaired) electrons. The molecule has 1 N–H and O–H groups in total. The zero-order chi connectivity index (χ0) is 13.8. The van der Waals surface area contributed by atoms with Gasteiger partial charge in [-0.3, -0.25) is 10.1 Å². The summed E-state index contributed by atoms with van der Waals surface area (Å²) in [7, 11) is 0. The number of nitrogens with zero attached hydrogens (tertiary/aromatic N) is 5. The molecule has 7 nitrogen and oxygen atoms in total. The molecule has 94 valence electrons. The summed E-state index contributed by atoms with van der Waals surface area (Å²) in [4.78, 5) is 19.8. The number of aryl methyl sites for hydroxylation is 2. The molecule has 0 fully saturated rings. The number of rotatable bonds is 2. The predicted molar refractivity (Wildman–Crippen MR) is 66.2 cm³/mol. The first-order valence-corrected chi connectivity index (χ1v) is 5.45. The minimum atomic E-state index is -0.449. The molecule has 2 rings (SSSR count). The second-order valence-electron chi connectivity index (χ2n) is 3.80. The molecular weight excluding hydrogens is 244 g/mol. The number of hydrogen-bond acceptors (Lipinski definition) is 6. The summed E-state index contributed by atoms with van der Waals surface area (Å²) in [6, 6.07) is 4.90. The Morgan fingerprint density at radius 1 is 1.26 bits per heavy atom. The molecule has 0 bridgehead atoms. The summed E-state index contributed by atoms with van der Waals surface area (Å²) < 4.78 is 0. The van der Waals surface area contributed by atoms with E-state index < -0.39 is 5.91 Å². The molecule has 0 unspecified atom stereocenters. The van der Waals surface area contributed by atoms with Gasteiger partial charge in [0.25, 0.3) is 5.91 Å². The van der Waals surface area contributed by atoms with E-state index in [1.54, 1.807) is 13.8 Å². The van der Waals surface area contributed by atoms with E-state index in [0.29, 0.717) is 17.0 Å². The van der Waals surface area contributed by atoms with Crippen molar-refractivity contribution < 1.29 is 4.79 Å². The maximum absolute atomic E-state index is 11.8. The van der Waals surface area contributed by atoms with Crippen molar-refractivity contribution in [3.63, 3.8) is 0 Å². The Hall–Kier alpha value is -2.88. The molecule has 0 spiro atoms. The monoisotopic (exact) mass is 254 g/mol. The van der Waals surface area contributed by atoms with Gasteiger partial charge in [-0.05, 0) is 26.0 Å². The number of anilines is 1. The van der Waals surface area contributed by atoms with Crippen molar-refractivity contribution in [2.75, 3.05) is 5.32 Å². The Morgan fingerprint density at radius 3 is 2.63 bits per heavy atom. The van der Waals surface area contributed by atoms with Crippen LogP contribution in [0.2, 0.25) is 0 Å². The smallest absolute Gasteiger partial charge is 0.276 e. The van der Waals surface area contributed by atoms with Crippen LogP contribution in [-0.2, 0) is 0 Å². The first-order valence-electron chi connectivity index (χ1n) is 5.45. The Labute approximate surface area is 109 Å². The minimum absolute atomic E-state index is 0.124. The lowest BCUT2D eigenvalue weighted by Crippen LogP contribution is -2.16. The summed E-state index contributed by atoms with van der Waals surface area (Å²) in [5.74, 6) is -0.325. The van der Waals surface area contributed by atoms with Crippen LogP contribution in [0.4, 0.5) is 5.95 Å². The predicted octanol–water partition coefficient (Wildman–Crippen LogP) is 1.01. The molecule has 1 amide bonds. The van der Waals surface area contributed by atoms with Gasteiger partial charge in [-0.1, -0.05) is 0 Å². The van der Waals surface area contributed by atoms with Crippen molar-refractivity contribution in [3.05, 3.63) is 41.0 Å². The van der Waals surface area contributed by atoms with Crippen LogP contribution in [0.15, 0.2) is 18.3 Å². The average molecular weight is 254 g/mol. The zero-order valence-corrected chi connectivity index (χ0v) is 10.4. The van der Waals surface area contributed by atoms with Crippen LogP contribution < -0.4 is 5.32 Å². The molecule has 0 aliphatic rings. The fourth-order valence-corrected chi connectivity index (χ4v) is 1.27. The molecule has 0 atom stereocenters. The number of carbonyl (C=O) groups is 1. The molecule has 0 aliphatic carbocycles. The Bertz CT molecular complexity index is 659. The third kappa shape index (κ3) is 2.87. The molecule has 0 aliphatic heterocycles. The third-order valence-electron chi connectivity index (χ3n) is 2.44. The number of nitrogens with one attached hydrogen (secondary N) is 1. The molecule has 19 heavy (non-hydrogen) atoms. The van der Waals surface area contributed by atoms with E-state index in [4.69, 9.17) is 5.26 Å². The lowest BCUT2D eigenvalue weighted by Gasteiger charge is -2.04. The highest BCUT2D eigenvalue weighted by Gasteiger charge is 2.10. The molecule has 2 aromatic rings. The van der Waals surface area contributed by atoms with Crippen molar-refractivity contribution in [2.45, 2.75) is 13.8 Å². The highest BCUT2D eigenvalue weighted by Crippen LogP contribution is 2.05. The van der Waals surface area contributed by atoms with Crippen LogP contribution in [0.5, 0.6) is 0 Å². The van der Waals surface area contributed by atoms with Gasteiger partial charge in [0.1, 0.15) is 11.8 Å². The number of carbonyl (C=O) groups excluding carboxylic acids is 1. The van der Waals surface area contributed by atoms with Crippen molar-refractivity contribution in [2.24, 2.45) is 0 Å². The van der Waals surface area contributed by atoms with E-state index >= 15 is 0 Å². The van der Waals surface area contributed by atoms with Crippen molar-refractivity contribution >= 4 is 11.9 Å². The summed E-state index contributed by atoms with van der Waals surface area (Å²) >= 11 is 0. The van der Waals surface area contributed by atoms with Crippen LogP contribution in [0.3, 0.4) is 0 Å². The SMILES string of the molecule is Cc1nnc(NC(=O)c2ccc(C#N)cn2)nc1C. The first-order chi connectivity index (χ1) is 9.10. The first kappa shape index (κ1) is 12.6. The minimum Gasteiger partial charge on any atom is -0.288 e. The number of pyridine rings is 1.